The SMILES string of the molecule is CCc1ccc(C(C)(O)Cc2ccc(C)cc2Cl)cc1. The summed E-state index contributed by atoms with van der Waals surface area (Å²) in [7, 11) is 0. The molecule has 20 heavy (non-hydrogen) atoms. The van der Waals surface area contributed by atoms with E-state index in [0.717, 1.165) is 28.1 Å². The fraction of sp³-hybridized carbons (Fsp3) is 0.333. The van der Waals surface area contributed by atoms with Crippen LogP contribution in [-0.4, -0.2) is 5.11 Å². The highest BCUT2D eigenvalue weighted by Crippen LogP contribution is 2.29. The van der Waals surface area contributed by atoms with Gasteiger partial charge in [0, 0.05) is 11.4 Å². The van der Waals surface area contributed by atoms with Crippen LogP contribution >= 0.6 is 11.6 Å². The first kappa shape index (κ1) is 15.1. The molecule has 0 fully saturated rings. The van der Waals surface area contributed by atoms with Crippen molar-refractivity contribution in [2.75, 3.05) is 0 Å². The molecule has 0 spiro atoms. The lowest BCUT2D eigenvalue weighted by Gasteiger charge is -2.25. The lowest BCUT2D eigenvalue weighted by atomic mass is 9.88. The van der Waals surface area contributed by atoms with Crippen LogP contribution in [0, 0.1) is 6.92 Å². The maximum Gasteiger partial charge on any atom is 0.0909 e. The summed E-state index contributed by atoms with van der Waals surface area (Å²) in [4.78, 5) is 0. The van der Waals surface area contributed by atoms with E-state index in [-0.39, 0.29) is 0 Å². The standard InChI is InChI=1S/C18H21ClO/c1-4-14-6-9-16(10-7-14)18(3,20)12-15-8-5-13(2)11-17(15)19/h5-11,20H,4,12H2,1-3H3. The molecule has 0 aromatic heterocycles. The summed E-state index contributed by atoms with van der Waals surface area (Å²) >= 11 is 6.26. The Kier molecular flexibility index (Phi) is 4.52. The molecule has 0 radical (unpaired) electrons. The van der Waals surface area contributed by atoms with Gasteiger partial charge in [-0.25, -0.2) is 0 Å². The lowest BCUT2D eigenvalue weighted by molar-refractivity contribution is 0.0576. The van der Waals surface area contributed by atoms with Crippen molar-refractivity contribution in [3.63, 3.8) is 0 Å². The Balaban J connectivity index is 2.25. The van der Waals surface area contributed by atoms with Gasteiger partial charge in [-0.1, -0.05) is 54.9 Å². The normalized spacial score (nSPS) is 14.1. The highest BCUT2D eigenvalue weighted by atomic mass is 35.5. The molecule has 1 nitrogen and oxygen atoms in total. The summed E-state index contributed by atoms with van der Waals surface area (Å²) in [6, 6.07) is 14.1. The number of aliphatic hydroxyl groups is 1. The van der Waals surface area contributed by atoms with Gasteiger partial charge < -0.3 is 5.11 Å². The fourth-order valence-corrected chi connectivity index (χ4v) is 2.67. The average molecular weight is 289 g/mol. The van der Waals surface area contributed by atoms with E-state index >= 15 is 0 Å². The van der Waals surface area contributed by atoms with E-state index in [1.807, 2.05) is 44.2 Å². The van der Waals surface area contributed by atoms with Crippen LogP contribution in [-0.2, 0) is 18.4 Å². The molecule has 0 heterocycles. The molecule has 2 rings (SSSR count). The largest absolute Gasteiger partial charge is 0.385 e. The van der Waals surface area contributed by atoms with Gasteiger partial charge in [-0.15, -0.1) is 0 Å². The van der Waals surface area contributed by atoms with Crippen LogP contribution < -0.4 is 0 Å². The Labute approximate surface area is 126 Å². The molecule has 0 saturated carbocycles. The van der Waals surface area contributed by atoms with Crippen LogP contribution in [0.2, 0.25) is 5.02 Å². The van der Waals surface area contributed by atoms with Crippen LogP contribution in [0.4, 0.5) is 0 Å². The first-order chi connectivity index (χ1) is 9.42. The predicted octanol–water partition coefficient (Wildman–Crippen LogP) is 4.66. The van der Waals surface area contributed by atoms with Gasteiger partial charge in [-0.05, 0) is 48.6 Å². The topological polar surface area (TPSA) is 20.2 Å². The fourth-order valence-electron chi connectivity index (χ4n) is 2.37. The van der Waals surface area contributed by atoms with E-state index in [0.29, 0.717) is 6.42 Å². The van der Waals surface area contributed by atoms with Crippen molar-refractivity contribution >= 4 is 11.6 Å². The van der Waals surface area contributed by atoms with Crippen molar-refractivity contribution in [1.82, 2.24) is 0 Å². The van der Waals surface area contributed by atoms with Crippen LogP contribution in [0.25, 0.3) is 0 Å². The van der Waals surface area contributed by atoms with E-state index in [4.69, 9.17) is 11.6 Å². The zero-order valence-corrected chi connectivity index (χ0v) is 13.0. The van der Waals surface area contributed by atoms with Crippen LogP contribution in [0.15, 0.2) is 42.5 Å². The predicted molar refractivity (Wildman–Crippen MR) is 85.3 cm³/mol. The summed E-state index contributed by atoms with van der Waals surface area (Å²) < 4.78 is 0. The van der Waals surface area contributed by atoms with Crippen LogP contribution in [0.5, 0.6) is 0 Å². The molecule has 0 amide bonds. The third kappa shape index (κ3) is 3.41. The van der Waals surface area contributed by atoms with Gasteiger partial charge in [-0.2, -0.15) is 0 Å². The van der Waals surface area contributed by atoms with Crippen LogP contribution in [0.3, 0.4) is 0 Å². The Bertz CT molecular complexity index is 585. The quantitative estimate of drug-likeness (QED) is 0.867. The number of rotatable bonds is 4. The van der Waals surface area contributed by atoms with E-state index in [1.54, 1.807) is 0 Å². The van der Waals surface area contributed by atoms with Gasteiger partial charge in [0.05, 0.1) is 5.60 Å². The van der Waals surface area contributed by atoms with Gasteiger partial charge >= 0.3 is 0 Å². The van der Waals surface area contributed by atoms with Crippen molar-refractivity contribution < 1.29 is 5.11 Å². The number of aryl methyl sites for hydroxylation is 2. The van der Waals surface area contributed by atoms with Crippen molar-refractivity contribution in [3.8, 4) is 0 Å². The lowest BCUT2D eigenvalue weighted by Crippen LogP contribution is -2.24. The second-order valence-corrected chi connectivity index (χ2v) is 6.00. The minimum absolute atomic E-state index is 0.511. The van der Waals surface area contributed by atoms with Gasteiger partial charge in [0.2, 0.25) is 0 Å². The Morgan fingerprint density at radius 1 is 1.10 bits per heavy atom. The van der Waals surface area contributed by atoms with E-state index in [1.165, 1.54) is 5.56 Å². The maximum absolute atomic E-state index is 10.7. The highest BCUT2D eigenvalue weighted by molar-refractivity contribution is 6.31. The summed E-state index contributed by atoms with van der Waals surface area (Å²) in [5.74, 6) is 0. The maximum atomic E-state index is 10.7. The van der Waals surface area contributed by atoms with Crippen molar-refractivity contribution in [2.45, 2.75) is 39.2 Å². The molecular weight excluding hydrogens is 268 g/mol. The molecule has 106 valence electrons. The zero-order chi connectivity index (χ0) is 14.8. The summed E-state index contributed by atoms with van der Waals surface area (Å²) in [5.41, 5.74) is 3.39. The monoisotopic (exact) mass is 288 g/mol. The molecule has 1 unspecified atom stereocenters. The van der Waals surface area contributed by atoms with E-state index in [2.05, 4.69) is 19.1 Å². The number of benzene rings is 2. The molecular formula is C18H21ClO. The minimum atomic E-state index is -0.912. The molecule has 2 aromatic rings. The number of halogens is 1. The van der Waals surface area contributed by atoms with Gasteiger partial charge in [0.1, 0.15) is 0 Å². The molecule has 0 saturated heterocycles. The molecule has 0 aliphatic carbocycles. The second-order valence-electron chi connectivity index (χ2n) is 5.60. The second kappa shape index (κ2) is 5.99. The molecule has 0 bridgehead atoms. The summed E-state index contributed by atoms with van der Waals surface area (Å²) in [6.45, 7) is 5.97. The van der Waals surface area contributed by atoms with Gasteiger partial charge in [0.25, 0.3) is 0 Å². The smallest absolute Gasteiger partial charge is 0.0909 e. The third-order valence-electron chi connectivity index (χ3n) is 3.73. The highest BCUT2D eigenvalue weighted by Gasteiger charge is 2.24. The third-order valence-corrected chi connectivity index (χ3v) is 4.08. The first-order valence-electron chi connectivity index (χ1n) is 6.99. The molecule has 1 atom stereocenters. The molecule has 0 aliphatic rings. The van der Waals surface area contributed by atoms with Crippen molar-refractivity contribution in [2.24, 2.45) is 0 Å². The molecule has 0 aliphatic heterocycles. The molecule has 2 aromatic carbocycles. The molecule has 1 N–H and O–H groups in total. The van der Waals surface area contributed by atoms with Crippen molar-refractivity contribution in [3.05, 3.63) is 69.7 Å². The first-order valence-corrected chi connectivity index (χ1v) is 7.37. The van der Waals surface area contributed by atoms with E-state index in [9.17, 15) is 5.11 Å². The van der Waals surface area contributed by atoms with Gasteiger partial charge in [-0.3, -0.25) is 0 Å². The van der Waals surface area contributed by atoms with Crippen molar-refractivity contribution in [1.29, 1.82) is 0 Å². The summed E-state index contributed by atoms with van der Waals surface area (Å²) in [6.07, 6.45) is 1.52. The molecule has 2 heteroatoms. The summed E-state index contributed by atoms with van der Waals surface area (Å²) in [5, 5.41) is 11.5. The number of hydrogen-bond donors (Lipinski definition) is 1. The van der Waals surface area contributed by atoms with Crippen LogP contribution in [0.1, 0.15) is 36.1 Å². The van der Waals surface area contributed by atoms with E-state index < -0.39 is 5.60 Å². The minimum Gasteiger partial charge on any atom is -0.385 e. The number of hydrogen-bond acceptors (Lipinski definition) is 1. The Morgan fingerprint density at radius 2 is 1.75 bits per heavy atom. The average Bonchev–Trinajstić information content (AvgIpc) is 2.42. The Morgan fingerprint density at radius 3 is 2.30 bits per heavy atom. The van der Waals surface area contributed by atoms with Gasteiger partial charge in [0.15, 0.2) is 0 Å². The zero-order valence-electron chi connectivity index (χ0n) is 12.3. The Hall–Kier alpha value is -1.31.